The van der Waals surface area contributed by atoms with Gasteiger partial charge in [-0.15, -0.1) is 0 Å². The molecule has 1 N–H and O–H groups in total. The Balaban J connectivity index is 1.95. The molecule has 2 atom stereocenters. The highest BCUT2D eigenvalue weighted by atomic mass is 16.5. The molecule has 18 heavy (non-hydrogen) atoms. The molecule has 2 saturated heterocycles. The van der Waals surface area contributed by atoms with Gasteiger partial charge in [-0.3, -0.25) is 4.90 Å². The van der Waals surface area contributed by atoms with Gasteiger partial charge in [0.05, 0.1) is 6.61 Å². The van der Waals surface area contributed by atoms with Crippen molar-refractivity contribution in [2.75, 3.05) is 32.8 Å². The lowest BCUT2D eigenvalue weighted by molar-refractivity contribution is -0.0287. The first-order valence-electron chi connectivity index (χ1n) is 7.67. The highest BCUT2D eigenvalue weighted by Gasteiger charge is 2.35. The van der Waals surface area contributed by atoms with Crippen molar-refractivity contribution in [3.05, 3.63) is 0 Å². The summed E-state index contributed by atoms with van der Waals surface area (Å²) in [5, 5.41) is 3.72. The van der Waals surface area contributed by atoms with E-state index in [4.69, 9.17) is 4.74 Å². The van der Waals surface area contributed by atoms with Crippen LogP contribution in [0.3, 0.4) is 0 Å². The Morgan fingerprint density at radius 2 is 2.22 bits per heavy atom. The average molecular weight is 254 g/mol. The molecule has 3 heteroatoms. The Labute approximate surface area is 112 Å². The van der Waals surface area contributed by atoms with Gasteiger partial charge in [-0.2, -0.15) is 0 Å². The maximum atomic E-state index is 5.73. The van der Waals surface area contributed by atoms with Gasteiger partial charge < -0.3 is 10.1 Å². The van der Waals surface area contributed by atoms with Crippen LogP contribution in [0.15, 0.2) is 0 Å². The number of nitrogens with one attached hydrogen (secondary N) is 1. The molecule has 106 valence electrons. The van der Waals surface area contributed by atoms with Gasteiger partial charge in [0.1, 0.15) is 0 Å². The molecule has 3 nitrogen and oxygen atoms in total. The maximum absolute atomic E-state index is 5.73. The lowest BCUT2D eigenvalue weighted by Gasteiger charge is -2.46. The number of rotatable bonds is 4. The van der Waals surface area contributed by atoms with Crippen molar-refractivity contribution >= 4 is 0 Å². The Hall–Kier alpha value is -0.120. The molecule has 2 heterocycles. The third-order valence-electron chi connectivity index (χ3n) is 4.38. The van der Waals surface area contributed by atoms with Gasteiger partial charge >= 0.3 is 0 Å². The van der Waals surface area contributed by atoms with Crippen molar-refractivity contribution in [3.63, 3.8) is 0 Å². The summed E-state index contributed by atoms with van der Waals surface area (Å²) in [7, 11) is 0. The van der Waals surface area contributed by atoms with E-state index in [1.165, 1.54) is 38.8 Å². The Bertz CT molecular complexity index is 255. The molecule has 0 aromatic carbocycles. The van der Waals surface area contributed by atoms with Gasteiger partial charge in [0.25, 0.3) is 0 Å². The third-order valence-corrected chi connectivity index (χ3v) is 4.38. The molecule has 0 aromatic rings. The topological polar surface area (TPSA) is 24.5 Å². The fourth-order valence-corrected chi connectivity index (χ4v) is 3.40. The Kier molecular flexibility index (Phi) is 5.05. The quantitative estimate of drug-likeness (QED) is 0.833. The van der Waals surface area contributed by atoms with Crippen molar-refractivity contribution in [2.24, 2.45) is 5.41 Å². The van der Waals surface area contributed by atoms with Crippen LogP contribution in [-0.2, 0) is 4.74 Å². The molecule has 2 unspecified atom stereocenters. The van der Waals surface area contributed by atoms with E-state index in [1.54, 1.807) is 0 Å². The Morgan fingerprint density at radius 3 is 2.94 bits per heavy atom. The minimum Gasteiger partial charge on any atom is -0.380 e. The second kappa shape index (κ2) is 6.36. The van der Waals surface area contributed by atoms with Crippen molar-refractivity contribution in [1.29, 1.82) is 0 Å². The lowest BCUT2D eigenvalue weighted by Crippen LogP contribution is -2.58. The highest BCUT2D eigenvalue weighted by Crippen LogP contribution is 2.31. The largest absolute Gasteiger partial charge is 0.380 e. The zero-order valence-electron chi connectivity index (χ0n) is 12.4. The smallest absolute Gasteiger partial charge is 0.0637 e. The zero-order valence-corrected chi connectivity index (χ0v) is 12.4. The first kappa shape index (κ1) is 14.3. The highest BCUT2D eigenvalue weighted by molar-refractivity contribution is 4.91. The van der Waals surface area contributed by atoms with E-state index >= 15 is 0 Å². The first-order chi connectivity index (χ1) is 8.62. The van der Waals surface area contributed by atoms with Crippen LogP contribution in [0.1, 0.15) is 46.5 Å². The normalized spacial score (nSPS) is 33.5. The molecular formula is C15H30N2O. The van der Waals surface area contributed by atoms with Crippen molar-refractivity contribution in [1.82, 2.24) is 10.2 Å². The zero-order chi connectivity index (χ0) is 13.0. The van der Waals surface area contributed by atoms with Crippen LogP contribution in [0, 0.1) is 5.41 Å². The summed E-state index contributed by atoms with van der Waals surface area (Å²) in [6.45, 7) is 12.5. The summed E-state index contributed by atoms with van der Waals surface area (Å²) in [6.07, 6.45) is 5.09. The van der Waals surface area contributed by atoms with Crippen LogP contribution in [0.5, 0.6) is 0 Å². The number of hydrogen-bond acceptors (Lipinski definition) is 3. The molecule has 0 saturated carbocycles. The summed E-state index contributed by atoms with van der Waals surface area (Å²) >= 11 is 0. The van der Waals surface area contributed by atoms with E-state index in [9.17, 15) is 0 Å². The van der Waals surface area contributed by atoms with Gasteiger partial charge in [-0.25, -0.2) is 0 Å². The molecule has 0 aromatic heterocycles. The van der Waals surface area contributed by atoms with E-state index < -0.39 is 0 Å². The summed E-state index contributed by atoms with van der Waals surface area (Å²) in [4.78, 5) is 2.68. The fraction of sp³-hybridized carbons (Fsp3) is 1.00. The second-order valence-electron chi connectivity index (χ2n) is 6.73. The molecule has 2 aliphatic heterocycles. The molecule has 2 aliphatic rings. The van der Waals surface area contributed by atoms with Crippen LogP contribution in [0.25, 0.3) is 0 Å². The van der Waals surface area contributed by atoms with Crippen LogP contribution in [0.4, 0.5) is 0 Å². The number of ether oxygens (including phenoxy) is 1. The van der Waals surface area contributed by atoms with Gasteiger partial charge in [-0.1, -0.05) is 20.8 Å². The minimum absolute atomic E-state index is 0.477. The molecule has 0 amide bonds. The third kappa shape index (κ3) is 3.69. The fourth-order valence-electron chi connectivity index (χ4n) is 3.40. The van der Waals surface area contributed by atoms with Gasteiger partial charge in [0, 0.05) is 25.2 Å². The monoisotopic (exact) mass is 254 g/mol. The van der Waals surface area contributed by atoms with Crippen molar-refractivity contribution in [2.45, 2.75) is 58.5 Å². The lowest BCUT2D eigenvalue weighted by atomic mass is 9.83. The number of likely N-dealkylation sites (tertiary alicyclic amines) is 1. The second-order valence-corrected chi connectivity index (χ2v) is 6.73. The minimum atomic E-state index is 0.477. The molecular weight excluding hydrogens is 224 g/mol. The SMILES string of the molecule is CCCNC1CCOCC1N1CCCC(C)(C)C1. The molecule has 0 spiro atoms. The Morgan fingerprint density at radius 1 is 1.39 bits per heavy atom. The summed E-state index contributed by atoms with van der Waals surface area (Å²) < 4.78 is 5.73. The van der Waals surface area contributed by atoms with Crippen LogP contribution in [0.2, 0.25) is 0 Å². The van der Waals surface area contributed by atoms with Crippen LogP contribution < -0.4 is 5.32 Å². The van der Waals surface area contributed by atoms with E-state index in [2.05, 4.69) is 31.0 Å². The van der Waals surface area contributed by atoms with Gasteiger partial charge in [0.15, 0.2) is 0 Å². The summed E-state index contributed by atoms with van der Waals surface area (Å²) in [6, 6.07) is 1.22. The van der Waals surface area contributed by atoms with Gasteiger partial charge in [0.2, 0.25) is 0 Å². The number of nitrogens with zero attached hydrogens (tertiary/aromatic N) is 1. The number of hydrogen-bond donors (Lipinski definition) is 1. The summed E-state index contributed by atoms with van der Waals surface area (Å²) in [5.41, 5.74) is 0.477. The summed E-state index contributed by atoms with van der Waals surface area (Å²) in [5.74, 6) is 0. The van der Waals surface area contributed by atoms with E-state index in [1.807, 2.05) is 0 Å². The average Bonchev–Trinajstić information content (AvgIpc) is 2.35. The van der Waals surface area contributed by atoms with Crippen LogP contribution in [-0.4, -0.2) is 49.8 Å². The molecule has 0 bridgehead atoms. The molecule has 0 aliphatic carbocycles. The van der Waals surface area contributed by atoms with E-state index in [0.29, 0.717) is 17.5 Å². The van der Waals surface area contributed by atoms with E-state index in [-0.39, 0.29) is 0 Å². The standard InChI is InChI=1S/C15H30N2O/c1-4-8-16-13-6-10-18-11-14(13)17-9-5-7-15(2,3)12-17/h13-14,16H,4-12H2,1-3H3. The van der Waals surface area contributed by atoms with Crippen molar-refractivity contribution in [3.8, 4) is 0 Å². The maximum Gasteiger partial charge on any atom is 0.0637 e. The number of piperidine rings is 1. The van der Waals surface area contributed by atoms with Crippen molar-refractivity contribution < 1.29 is 4.74 Å². The van der Waals surface area contributed by atoms with Crippen LogP contribution >= 0.6 is 0 Å². The van der Waals surface area contributed by atoms with Gasteiger partial charge in [-0.05, 0) is 44.2 Å². The molecule has 2 fully saturated rings. The molecule has 0 radical (unpaired) electrons. The predicted molar refractivity (Wildman–Crippen MR) is 75.9 cm³/mol. The predicted octanol–water partition coefficient (Wildman–Crippen LogP) is 2.27. The molecule has 2 rings (SSSR count). The first-order valence-corrected chi connectivity index (χ1v) is 7.67. The van der Waals surface area contributed by atoms with E-state index in [0.717, 1.165) is 19.8 Å².